The van der Waals surface area contributed by atoms with E-state index in [9.17, 15) is 9.59 Å². The molecule has 5 N–H and O–H groups in total. The van der Waals surface area contributed by atoms with Crippen LogP contribution < -0.4 is 11.1 Å². The van der Waals surface area contributed by atoms with Crippen LogP contribution in [0.25, 0.3) is 0 Å². The minimum Gasteiger partial charge on any atom is -0.478 e. The van der Waals surface area contributed by atoms with Gasteiger partial charge in [-0.15, -0.1) is 0 Å². The van der Waals surface area contributed by atoms with Gasteiger partial charge in [-0.05, 0) is 30.3 Å². The van der Waals surface area contributed by atoms with Gasteiger partial charge in [-0.1, -0.05) is 0 Å². The average Bonchev–Trinajstić information content (AvgIpc) is 2.41. The molecule has 20 heavy (non-hydrogen) atoms. The summed E-state index contributed by atoms with van der Waals surface area (Å²) in [5, 5.41) is 20.8. The van der Waals surface area contributed by atoms with Gasteiger partial charge in [0.05, 0.1) is 28.7 Å². The first kappa shape index (κ1) is 13.3. The molecule has 0 bridgehead atoms. The molecule has 102 valence electrons. The number of pyridine rings is 1. The van der Waals surface area contributed by atoms with Gasteiger partial charge in [-0.25, -0.2) is 14.6 Å². The number of carbonyl (C=O) groups is 2. The van der Waals surface area contributed by atoms with Gasteiger partial charge in [-0.3, -0.25) is 0 Å². The first-order chi connectivity index (χ1) is 9.47. The minimum atomic E-state index is -1.23. The highest BCUT2D eigenvalue weighted by Gasteiger charge is 2.14. The molecule has 0 atom stereocenters. The topological polar surface area (TPSA) is 126 Å². The molecule has 7 nitrogen and oxygen atoms in total. The lowest BCUT2D eigenvalue weighted by Crippen LogP contribution is -2.06. The second-order valence-electron chi connectivity index (χ2n) is 3.97. The van der Waals surface area contributed by atoms with Gasteiger partial charge in [0, 0.05) is 0 Å². The van der Waals surface area contributed by atoms with Gasteiger partial charge >= 0.3 is 11.9 Å². The van der Waals surface area contributed by atoms with Crippen LogP contribution in [-0.2, 0) is 0 Å². The predicted octanol–water partition coefficient (Wildman–Crippen LogP) is 1.80. The van der Waals surface area contributed by atoms with E-state index in [1.165, 1.54) is 18.3 Å². The zero-order chi connectivity index (χ0) is 14.7. The summed E-state index contributed by atoms with van der Waals surface area (Å²) < 4.78 is 0. The third kappa shape index (κ3) is 2.83. The molecule has 0 spiro atoms. The fraction of sp³-hybridized carbons (Fsp3) is 0. The smallest absolute Gasteiger partial charge is 0.337 e. The van der Waals surface area contributed by atoms with E-state index in [1.54, 1.807) is 12.1 Å². The van der Waals surface area contributed by atoms with Crippen LogP contribution in [0.2, 0.25) is 0 Å². The standard InChI is InChI=1S/C13H11N3O4/c14-8-2-4-11(15-6-8)16-10-3-1-7(12(17)18)5-9(10)13(19)20/h1-6H,14H2,(H,15,16)(H,17,18)(H,19,20). The Hall–Kier alpha value is -3.09. The molecule has 0 fully saturated rings. The van der Waals surface area contributed by atoms with E-state index in [-0.39, 0.29) is 16.8 Å². The van der Waals surface area contributed by atoms with Gasteiger partial charge in [0.2, 0.25) is 0 Å². The lowest BCUT2D eigenvalue weighted by molar-refractivity contribution is 0.0696. The lowest BCUT2D eigenvalue weighted by Gasteiger charge is -2.09. The Morgan fingerprint density at radius 3 is 2.40 bits per heavy atom. The van der Waals surface area contributed by atoms with E-state index >= 15 is 0 Å². The molecular formula is C13H11N3O4. The number of nitrogen functional groups attached to an aromatic ring is 1. The zero-order valence-electron chi connectivity index (χ0n) is 10.2. The van der Waals surface area contributed by atoms with Crippen LogP contribution in [0.5, 0.6) is 0 Å². The highest BCUT2D eigenvalue weighted by atomic mass is 16.4. The SMILES string of the molecule is Nc1ccc(Nc2ccc(C(=O)O)cc2C(=O)O)nc1. The first-order valence-corrected chi connectivity index (χ1v) is 5.56. The average molecular weight is 273 g/mol. The number of rotatable bonds is 4. The van der Waals surface area contributed by atoms with E-state index in [0.717, 1.165) is 6.07 Å². The molecule has 1 aromatic carbocycles. The van der Waals surface area contributed by atoms with Crippen molar-refractivity contribution in [2.24, 2.45) is 0 Å². The van der Waals surface area contributed by atoms with Crippen LogP contribution >= 0.6 is 0 Å². The number of hydrogen-bond acceptors (Lipinski definition) is 5. The van der Waals surface area contributed by atoms with Crippen molar-refractivity contribution in [3.63, 3.8) is 0 Å². The molecule has 0 aliphatic rings. The molecule has 2 aromatic rings. The number of hydrogen-bond donors (Lipinski definition) is 4. The van der Waals surface area contributed by atoms with E-state index in [0.29, 0.717) is 11.5 Å². The van der Waals surface area contributed by atoms with Crippen molar-refractivity contribution in [2.45, 2.75) is 0 Å². The van der Waals surface area contributed by atoms with Gasteiger partial charge < -0.3 is 21.3 Å². The summed E-state index contributed by atoms with van der Waals surface area (Å²) in [6.45, 7) is 0. The Bertz CT molecular complexity index is 668. The monoisotopic (exact) mass is 273 g/mol. The predicted molar refractivity (Wildman–Crippen MR) is 72.3 cm³/mol. The van der Waals surface area contributed by atoms with Crippen molar-refractivity contribution in [1.29, 1.82) is 0 Å². The molecule has 0 radical (unpaired) electrons. The molecular weight excluding hydrogens is 262 g/mol. The van der Waals surface area contributed by atoms with Crippen molar-refractivity contribution < 1.29 is 19.8 Å². The first-order valence-electron chi connectivity index (χ1n) is 5.56. The third-order valence-corrected chi connectivity index (χ3v) is 2.55. The number of nitrogens with zero attached hydrogens (tertiary/aromatic N) is 1. The molecule has 0 aliphatic carbocycles. The molecule has 0 saturated carbocycles. The fourth-order valence-corrected chi connectivity index (χ4v) is 1.58. The summed E-state index contributed by atoms with van der Waals surface area (Å²) in [5.41, 5.74) is 5.98. The maximum Gasteiger partial charge on any atom is 0.337 e. The summed E-state index contributed by atoms with van der Waals surface area (Å²) in [6.07, 6.45) is 1.42. The molecule has 0 unspecified atom stereocenters. The van der Waals surface area contributed by atoms with Crippen LogP contribution in [0.3, 0.4) is 0 Å². The molecule has 1 heterocycles. The van der Waals surface area contributed by atoms with Crippen molar-refractivity contribution in [3.8, 4) is 0 Å². The van der Waals surface area contributed by atoms with E-state index in [4.69, 9.17) is 15.9 Å². The van der Waals surface area contributed by atoms with Crippen LogP contribution in [0, 0.1) is 0 Å². The maximum atomic E-state index is 11.2. The second kappa shape index (κ2) is 5.27. The van der Waals surface area contributed by atoms with E-state index in [1.807, 2.05) is 0 Å². The maximum absolute atomic E-state index is 11.2. The Kier molecular flexibility index (Phi) is 3.52. The van der Waals surface area contributed by atoms with Gasteiger partial charge in [0.1, 0.15) is 5.82 Å². The van der Waals surface area contributed by atoms with Crippen molar-refractivity contribution in [2.75, 3.05) is 11.1 Å². The molecule has 7 heteroatoms. The Morgan fingerprint density at radius 2 is 1.85 bits per heavy atom. The largest absolute Gasteiger partial charge is 0.478 e. The van der Waals surface area contributed by atoms with Crippen molar-refractivity contribution in [3.05, 3.63) is 47.7 Å². The van der Waals surface area contributed by atoms with E-state index in [2.05, 4.69) is 10.3 Å². The lowest BCUT2D eigenvalue weighted by atomic mass is 10.1. The normalized spacial score (nSPS) is 10.0. The van der Waals surface area contributed by atoms with Crippen LogP contribution in [0.1, 0.15) is 20.7 Å². The van der Waals surface area contributed by atoms with Gasteiger partial charge in [-0.2, -0.15) is 0 Å². The number of carboxylic acids is 2. The molecule has 0 amide bonds. The highest BCUT2D eigenvalue weighted by Crippen LogP contribution is 2.22. The third-order valence-electron chi connectivity index (χ3n) is 2.55. The Morgan fingerprint density at radius 1 is 1.10 bits per heavy atom. The minimum absolute atomic E-state index is 0.0989. The van der Waals surface area contributed by atoms with Gasteiger partial charge in [0.25, 0.3) is 0 Å². The summed E-state index contributed by atoms with van der Waals surface area (Å²) in [4.78, 5) is 26.0. The number of carboxylic acid groups (broad SMARTS) is 2. The number of aromatic carboxylic acids is 2. The van der Waals surface area contributed by atoms with Crippen molar-refractivity contribution in [1.82, 2.24) is 4.98 Å². The molecule has 2 rings (SSSR count). The van der Waals surface area contributed by atoms with Crippen LogP contribution in [0.4, 0.5) is 17.2 Å². The summed E-state index contributed by atoms with van der Waals surface area (Å²) in [7, 11) is 0. The second-order valence-corrected chi connectivity index (χ2v) is 3.97. The Labute approximate surface area is 113 Å². The fourth-order valence-electron chi connectivity index (χ4n) is 1.58. The van der Waals surface area contributed by atoms with Gasteiger partial charge in [0.15, 0.2) is 0 Å². The number of nitrogens with two attached hydrogens (primary N) is 1. The van der Waals surface area contributed by atoms with Crippen LogP contribution in [0.15, 0.2) is 36.5 Å². The molecule has 0 saturated heterocycles. The number of anilines is 3. The summed E-state index contributed by atoms with van der Waals surface area (Å²) in [6, 6.07) is 6.98. The molecule has 1 aromatic heterocycles. The van der Waals surface area contributed by atoms with E-state index < -0.39 is 11.9 Å². The summed E-state index contributed by atoms with van der Waals surface area (Å²) in [5.74, 6) is -2.01. The quantitative estimate of drug-likeness (QED) is 0.669. The molecule has 0 aliphatic heterocycles. The number of aromatic nitrogens is 1. The van der Waals surface area contributed by atoms with Crippen molar-refractivity contribution >= 4 is 29.1 Å². The highest BCUT2D eigenvalue weighted by molar-refractivity contribution is 5.98. The summed E-state index contributed by atoms with van der Waals surface area (Å²) >= 11 is 0. The number of benzene rings is 1. The zero-order valence-corrected chi connectivity index (χ0v) is 10.2. The van der Waals surface area contributed by atoms with Crippen LogP contribution in [-0.4, -0.2) is 27.1 Å². The number of nitrogens with one attached hydrogen (secondary N) is 1. The Balaban J connectivity index is 2.38.